The van der Waals surface area contributed by atoms with E-state index < -0.39 is 4.92 Å². The summed E-state index contributed by atoms with van der Waals surface area (Å²) in [4.78, 5) is 28.9. The Morgan fingerprint density at radius 3 is 2.61 bits per heavy atom. The van der Waals surface area contributed by atoms with Gasteiger partial charge in [0.2, 0.25) is 11.7 Å². The summed E-state index contributed by atoms with van der Waals surface area (Å²) in [5.74, 6) is 0.991. The predicted octanol–water partition coefficient (Wildman–Crippen LogP) is 3.23. The summed E-state index contributed by atoms with van der Waals surface area (Å²) in [6.45, 7) is 1.62. The molecule has 0 fully saturated rings. The van der Waals surface area contributed by atoms with Gasteiger partial charge in [-0.25, -0.2) is 0 Å². The summed E-state index contributed by atoms with van der Waals surface area (Å²) >= 11 is 0. The standard InChI is InChI=1S/C19H18N4O5/c1-12-15(5-4-6-16(12)23(25)26)19(24)22(2)11-17-20-18(21-28-17)13-7-9-14(27-3)10-8-13/h4-10H,11H2,1-3H3. The topological polar surface area (TPSA) is 112 Å². The monoisotopic (exact) mass is 382 g/mol. The van der Waals surface area contributed by atoms with Crippen LogP contribution in [0, 0.1) is 17.0 Å². The molecule has 0 bridgehead atoms. The van der Waals surface area contributed by atoms with Crippen molar-refractivity contribution in [3.8, 4) is 17.1 Å². The van der Waals surface area contributed by atoms with E-state index in [9.17, 15) is 14.9 Å². The third-order valence-corrected chi connectivity index (χ3v) is 4.27. The highest BCUT2D eigenvalue weighted by Crippen LogP contribution is 2.23. The SMILES string of the molecule is COc1ccc(-c2noc(CN(C)C(=O)c3cccc([N+](=O)[O-])c3C)n2)cc1. The average Bonchev–Trinajstić information content (AvgIpc) is 3.16. The van der Waals surface area contributed by atoms with Crippen LogP contribution in [0.2, 0.25) is 0 Å². The number of aromatic nitrogens is 2. The second-order valence-electron chi connectivity index (χ2n) is 6.11. The van der Waals surface area contributed by atoms with Crippen LogP contribution in [0.25, 0.3) is 11.4 Å². The third kappa shape index (κ3) is 3.83. The minimum Gasteiger partial charge on any atom is -0.497 e. The Morgan fingerprint density at radius 2 is 1.96 bits per heavy atom. The molecule has 144 valence electrons. The first kappa shape index (κ1) is 19.0. The minimum atomic E-state index is -0.509. The molecule has 0 aliphatic heterocycles. The molecule has 0 radical (unpaired) electrons. The first-order valence-corrected chi connectivity index (χ1v) is 8.37. The van der Waals surface area contributed by atoms with Crippen LogP contribution in [0.15, 0.2) is 47.0 Å². The number of amides is 1. The molecular weight excluding hydrogens is 364 g/mol. The summed E-state index contributed by atoms with van der Waals surface area (Å²) in [6.07, 6.45) is 0. The summed E-state index contributed by atoms with van der Waals surface area (Å²) in [5, 5.41) is 15.0. The molecule has 1 aromatic heterocycles. The molecule has 2 aromatic carbocycles. The van der Waals surface area contributed by atoms with E-state index in [0.29, 0.717) is 17.1 Å². The van der Waals surface area contributed by atoms with Crippen molar-refractivity contribution in [2.24, 2.45) is 0 Å². The Bertz CT molecular complexity index is 1010. The van der Waals surface area contributed by atoms with Crippen molar-refractivity contribution in [1.82, 2.24) is 15.0 Å². The molecule has 0 N–H and O–H groups in total. The number of nitrogens with zero attached hydrogens (tertiary/aromatic N) is 4. The fourth-order valence-electron chi connectivity index (χ4n) is 2.71. The Kier molecular flexibility index (Phi) is 5.35. The Labute approximate surface area is 160 Å². The van der Waals surface area contributed by atoms with E-state index in [1.54, 1.807) is 51.4 Å². The first-order chi connectivity index (χ1) is 13.4. The number of methoxy groups -OCH3 is 1. The van der Waals surface area contributed by atoms with Gasteiger partial charge in [0.15, 0.2) is 0 Å². The van der Waals surface area contributed by atoms with Gasteiger partial charge in [-0.15, -0.1) is 0 Å². The second-order valence-corrected chi connectivity index (χ2v) is 6.11. The fraction of sp³-hybridized carbons (Fsp3) is 0.211. The number of nitro benzene ring substituents is 1. The molecule has 3 aromatic rings. The van der Waals surface area contributed by atoms with Crippen molar-refractivity contribution in [2.45, 2.75) is 13.5 Å². The zero-order chi connectivity index (χ0) is 20.3. The zero-order valence-electron chi connectivity index (χ0n) is 15.6. The van der Waals surface area contributed by atoms with Crippen molar-refractivity contribution >= 4 is 11.6 Å². The second kappa shape index (κ2) is 7.87. The van der Waals surface area contributed by atoms with Crippen LogP contribution in [-0.2, 0) is 6.54 Å². The van der Waals surface area contributed by atoms with Crippen molar-refractivity contribution in [1.29, 1.82) is 0 Å². The van der Waals surface area contributed by atoms with Gasteiger partial charge in [0.1, 0.15) is 5.75 Å². The number of rotatable bonds is 6. The normalized spacial score (nSPS) is 10.5. The van der Waals surface area contributed by atoms with E-state index in [1.807, 2.05) is 0 Å². The highest BCUT2D eigenvalue weighted by atomic mass is 16.6. The zero-order valence-corrected chi connectivity index (χ0v) is 15.6. The summed E-state index contributed by atoms with van der Waals surface area (Å²) in [7, 11) is 3.15. The molecule has 0 aliphatic carbocycles. The first-order valence-electron chi connectivity index (χ1n) is 8.37. The lowest BCUT2D eigenvalue weighted by Crippen LogP contribution is -2.27. The van der Waals surface area contributed by atoms with E-state index >= 15 is 0 Å². The smallest absolute Gasteiger partial charge is 0.273 e. The van der Waals surface area contributed by atoms with Gasteiger partial charge in [-0.1, -0.05) is 11.2 Å². The van der Waals surface area contributed by atoms with E-state index in [1.165, 1.54) is 17.0 Å². The lowest BCUT2D eigenvalue weighted by Gasteiger charge is -2.16. The molecule has 1 heterocycles. The van der Waals surface area contributed by atoms with Crippen LogP contribution < -0.4 is 4.74 Å². The van der Waals surface area contributed by atoms with E-state index in [2.05, 4.69) is 10.1 Å². The molecule has 0 saturated heterocycles. The summed E-state index contributed by atoms with van der Waals surface area (Å²) in [6, 6.07) is 11.6. The molecule has 3 rings (SSSR count). The van der Waals surface area contributed by atoms with Crippen LogP contribution in [0.1, 0.15) is 21.8 Å². The number of nitro groups is 1. The fourth-order valence-corrected chi connectivity index (χ4v) is 2.71. The molecule has 0 aliphatic rings. The lowest BCUT2D eigenvalue weighted by atomic mass is 10.1. The Hall–Kier alpha value is -3.75. The van der Waals surface area contributed by atoms with Gasteiger partial charge in [0.05, 0.1) is 18.6 Å². The molecule has 1 amide bonds. The van der Waals surface area contributed by atoms with Gasteiger partial charge in [0.25, 0.3) is 11.6 Å². The molecule has 0 saturated carbocycles. The molecule has 0 spiro atoms. The number of ether oxygens (including phenoxy) is 1. The number of carbonyl (C=O) groups excluding carboxylic acids is 1. The number of benzene rings is 2. The molecule has 9 heteroatoms. The number of hydrogen-bond donors (Lipinski definition) is 0. The minimum absolute atomic E-state index is 0.0735. The molecule has 0 unspecified atom stereocenters. The largest absolute Gasteiger partial charge is 0.497 e. The van der Waals surface area contributed by atoms with Crippen molar-refractivity contribution in [3.63, 3.8) is 0 Å². The van der Waals surface area contributed by atoms with Gasteiger partial charge >= 0.3 is 0 Å². The summed E-state index contributed by atoms with van der Waals surface area (Å²) < 4.78 is 10.3. The van der Waals surface area contributed by atoms with E-state index in [-0.39, 0.29) is 29.6 Å². The third-order valence-electron chi connectivity index (χ3n) is 4.27. The van der Waals surface area contributed by atoms with Crippen molar-refractivity contribution in [2.75, 3.05) is 14.2 Å². The van der Waals surface area contributed by atoms with Crippen LogP contribution in [-0.4, -0.2) is 40.0 Å². The van der Waals surface area contributed by atoms with Gasteiger partial charge in [-0.3, -0.25) is 14.9 Å². The van der Waals surface area contributed by atoms with Crippen molar-refractivity contribution in [3.05, 3.63) is 69.6 Å². The predicted molar refractivity (Wildman–Crippen MR) is 99.9 cm³/mol. The maximum absolute atomic E-state index is 12.7. The summed E-state index contributed by atoms with van der Waals surface area (Å²) in [5.41, 5.74) is 1.22. The molecule has 9 nitrogen and oxygen atoms in total. The maximum Gasteiger partial charge on any atom is 0.273 e. The van der Waals surface area contributed by atoms with Crippen LogP contribution in [0.4, 0.5) is 5.69 Å². The van der Waals surface area contributed by atoms with E-state index in [4.69, 9.17) is 9.26 Å². The van der Waals surface area contributed by atoms with E-state index in [0.717, 1.165) is 5.56 Å². The van der Waals surface area contributed by atoms with Gasteiger partial charge < -0.3 is 14.2 Å². The Morgan fingerprint density at radius 1 is 1.25 bits per heavy atom. The van der Waals surface area contributed by atoms with Crippen molar-refractivity contribution < 1.29 is 19.0 Å². The maximum atomic E-state index is 12.7. The highest BCUT2D eigenvalue weighted by Gasteiger charge is 2.22. The quantitative estimate of drug-likeness (QED) is 0.475. The Balaban J connectivity index is 1.75. The highest BCUT2D eigenvalue weighted by molar-refractivity contribution is 5.96. The van der Waals surface area contributed by atoms with Crippen LogP contribution >= 0.6 is 0 Å². The van der Waals surface area contributed by atoms with Gasteiger partial charge in [-0.2, -0.15) is 4.98 Å². The number of carbonyl (C=O) groups is 1. The molecular formula is C19H18N4O5. The van der Waals surface area contributed by atoms with Crippen LogP contribution in [0.5, 0.6) is 5.75 Å². The average molecular weight is 382 g/mol. The van der Waals surface area contributed by atoms with Gasteiger partial charge in [0, 0.05) is 29.8 Å². The molecule has 28 heavy (non-hydrogen) atoms. The molecule has 0 atom stereocenters. The lowest BCUT2D eigenvalue weighted by molar-refractivity contribution is -0.385. The number of hydrogen-bond acceptors (Lipinski definition) is 7. The van der Waals surface area contributed by atoms with Gasteiger partial charge in [-0.05, 0) is 37.3 Å². The van der Waals surface area contributed by atoms with Crippen LogP contribution in [0.3, 0.4) is 0 Å².